The molecule has 7 heteroatoms. The van der Waals surface area contributed by atoms with Crippen molar-refractivity contribution in [1.82, 2.24) is 4.57 Å². The first-order valence-electron chi connectivity index (χ1n) is 8.78. The lowest BCUT2D eigenvalue weighted by Gasteiger charge is -2.14. The number of fused-ring (bicyclic) bond motifs is 3. The fraction of sp³-hybridized carbons (Fsp3) is 0.350. The van der Waals surface area contributed by atoms with Crippen molar-refractivity contribution >= 4 is 34.8 Å². The largest absolute Gasteiger partial charge is 0.497 e. The standard InChI is InChI=1S/C20H21NO6/c1-4-26-19(23)16(20(24)27-5-2)11-13-9-14-8-12-10-15(25-3)6-7-17(12)21(14)18(13)22/h6-10,16H,4-5,11H2,1-3H3. The zero-order chi connectivity index (χ0) is 19.6. The first-order chi connectivity index (χ1) is 13.0. The molecule has 3 rings (SSSR count). The minimum absolute atomic E-state index is 0.0597. The molecule has 0 spiro atoms. The van der Waals surface area contributed by atoms with Crippen LogP contribution in [-0.2, 0) is 19.1 Å². The van der Waals surface area contributed by atoms with Crippen LogP contribution in [-0.4, -0.2) is 42.7 Å². The molecule has 1 aliphatic rings. The molecule has 0 unspecified atom stereocenters. The van der Waals surface area contributed by atoms with Crippen molar-refractivity contribution < 1.29 is 28.6 Å². The lowest BCUT2D eigenvalue weighted by molar-refractivity contribution is -0.161. The minimum Gasteiger partial charge on any atom is -0.497 e. The van der Waals surface area contributed by atoms with Gasteiger partial charge in [-0.25, -0.2) is 0 Å². The summed E-state index contributed by atoms with van der Waals surface area (Å²) < 4.78 is 16.7. The third kappa shape index (κ3) is 3.45. The van der Waals surface area contributed by atoms with Crippen LogP contribution < -0.4 is 4.74 Å². The second-order valence-electron chi connectivity index (χ2n) is 6.06. The zero-order valence-electron chi connectivity index (χ0n) is 15.5. The summed E-state index contributed by atoms with van der Waals surface area (Å²) in [5.41, 5.74) is 1.81. The van der Waals surface area contributed by atoms with E-state index in [9.17, 15) is 14.4 Å². The summed E-state index contributed by atoms with van der Waals surface area (Å²) in [5.74, 6) is -2.08. The number of aromatic nitrogens is 1. The van der Waals surface area contributed by atoms with E-state index in [4.69, 9.17) is 14.2 Å². The molecule has 1 aromatic carbocycles. The Hall–Kier alpha value is -3.09. The molecule has 0 atom stereocenters. The quantitative estimate of drug-likeness (QED) is 0.550. The normalized spacial score (nSPS) is 12.9. The summed E-state index contributed by atoms with van der Waals surface area (Å²) in [7, 11) is 1.58. The molecule has 0 N–H and O–H groups in total. The van der Waals surface area contributed by atoms with E-state index < -0.39 is 17.9 Å². The van der Waals surface area contributed by atoms with Gasteiger partial charge in [0.2, 0.25) is 0 Å². The highest BCUT2D eigenvalue weighted by molar-refractivity contribution is 6.11. The third-order valence-corrected chi connectivity index (χ3v) is 4.40. The molecule has 1 aliphatic heterocycles. The lowest BCUT2D eigenvalue weighted by atomic mass is 9.99. The number of carbonyl (C=O) groups excluding carboxylic acids is 3. The number of allylic oxidation sites excluding steroid dienone is 1. The number of nitrogens with zero attached hydrogens (tertiary/aromatic N) is 1. The molecule has 2 aromatic rings. The van der Waals surface area contributed by atoms with E-state index in [1.807, 2.05) is 12.1 Å². The molecule has 0 saturated carbocycles. The average Bonchev–Trinajstić information content (AvgIpc) is 3.15. The predicted molar refractivity (Wildman–Crippen MR) is 98.5 cm³/mol. The lowest BCUT2D eigenvalue weighted by Crippen LogP contribution is -2.29. The van der Waals surface area contributed by atoms with Gasteiger partial charge in [-0.2, -0.15) is 0 Å². The van der Waals surface area contributed by atoms with Gasteiger partial charge in [0.05, 0.1) is 31.5 Å². The third-order valence-electron chi connectivity index (χ3n) is 4.40. The fourth-order valence-electron chi connectivity index (χ4n) is 3.17. The van der Waals surface area contributed by atoms with Crippen LogP contribution in [0.3, 0.4) is 0 Å². The van der Waals surface area contributed by atoms with Crippen molar-refractivity contribution in [2.45, 2.75) is 20.3 Å². The topological polar surface area (TPSA) is 83.8 Å². The van der Waals surface area contributed by atoms with Gasteiger partial charge >= 0.3 is 11.9 Å². The SMILES string of the molecule is CCOC(=O)C(CC1=Cc2cc3cc(OC)ccc3n2C1=O)C(=O)OCC. The summed E-state index contributed by atoms with van der Waals surface area (Å²) in [5, 5.41) is 0.875. The Morgan fingerprint density at radius 2 is 1.74 bits per heavy atom. The number of carbonyl (C=O) groups is 3. The van der Waals surface area contributed by atoms with Gasteiger partial charge in [-0.1, -0.05) is 0 Å². The smallest absolute Gasteiger partial charge is 0.320 e. The number of hydrogen-bond donors (Lipinski definition) is 0. The molecule has 0 aliphatic carbocycles. The van der Waals surface area contributed by atoms with E-state index in [0.717, 1.165) is 10.9 Å². The molecule has 142 valence electrons. The molecule has 1 aromatic heterocycles. The van der Waals surface area contributed by atoms with Gasteiger partial charge in [0.25, 0.3) is 5.91 Å². The highest BCUT2D eigenvalue weighted by atomic mass is 16.6. The minimum atomic E-state index is -1.16. The Morgan fingerprint density at radius 3 is 2.33 bits per heavy atom. The maximum Gasteiger partial charge on any atom is 0.320 e. The summed E-state index contributed by atoms with van der Waals surface area (Å²) >= 11 is 0. The van der Waals surface area contributed by atoms with Crippen molar-refractivity contribution in [3.8, 4) is 5.75 Å². The summed E-state index contributed by atoms with van der Waals surface area (Å²) in [6, 6.07) is 7.30. The van der Waals surface area contributed by atoms with Crippen molar-refractivity contribution in [2.24, 2.45) is 5.92 Å². The molecule has 0 radical (unpaired) electrons. The maximum atomic E-state index is 12.9. The van der Waals surface area contributed by atoms with E-state index >= 15 is 0 Å². The van der Waals surface area contributed by atoms with Crippen LogP contribution in [0.5, 0.6) is 5.75 Å². The number of benzene rings is 1. The van der Waals surface area contributed by atoms with Crippen molar-refractivity contribution in [3.05, 3.63) is 35.5 Å². The van der Waals surface area contributed by atoms with Crippen LogP contribution in [0, 0.1) is 5.92 Å². The van der Waals surface area contributed by atoms with Gasteiger partial charge in [0, 0.05) is 17.4 Å². The molecule has 0 bridgehead atoms. The number of methoxy groups -OCH3 is 1. The Morgan fingerprint density at radius 1 is 1.07 bits per heavy atom. The molecule has 27 heavy (non-hydrogen) atoms. The van der Waals surface area contributed by atoms with Gasteiger partial charge in [-0.05, 0) is 44.2 Å². The zero-order valence-corrected chi connectivity index (χ0v) is 15.5. The van der Waals surface area contributed by atoms with Gasteiger partial charge in [-0.3, -0.25) is 19.0 Å². The number of hydrogen-bond acceptors (Lipinski definition) is 6. The van der Waals surface area contributed by atoms with Crippen LogP contribution >= 0.6 is 0 Å². The van der Waals surface area contributed by atoms with Crippen LogP contribution in [0.2, 0.25) is 0 Å². The molecular formula is C20H21NO6. The highest BCUT2D eigenvalue weighted by Gasteiger charge is 2.35. The van der Waals surface area contributed by atoms with Crippen LogP contribution in [0.15, 0.2) is 29.8 Å². The molecular weight excluding hydrogens is 350 g/mol. The Kier molecular flexibility index (Phi) is 5.30. The number of rotatable bonds is 7. The first kappa shape index (κ1) is 18.7. The van der Waals surface area contributed by atoms with E-state index in [-0.39, 0.29) is 25.5 Å². The maximum absolute atomic E-state index is 12.9. The van der Waals surface area contributed by atoms with Crippen molar-refractivity contribution in [2.75, 3.05) is 20.3 Å². The average molecular weight is 371 g/mol. The van der Waals surface area contributed by atoms with Crippen molar-refractivity contribution in [1.29, 1.82) is 0 Å². The van der Waals surface area contributed by atoms with Gasteiger partial charge in [0.15, 0.2) is 5.92 Å². The molecule has 0 saturated heterocycles. The van der Waals surface area contributed by atoms with Crippen LogP contribution in [0.25, 0.3) is 17.0 Å². The van der Waals surface area contributed by atoms with E-state index in [1.54, 1.807) is 43.7 Å². The van der Waals surface area contributed by atoms with Gasteiger partial charge < -0.3 is 14.2 Å². The highest BCUT2D eigenvalue weighted by Crippen LogP contribution is 2.32. The van der Waals surface area contributed by atoms with E-state index in [2.05, 4.69) is 0 Å². The Labute approximate surface area is 156 Å². The molecule has 0 amide bonds. The first-order valence-corrected chi connectivity index (χ1v) is 8.78. The van der Waals surface area contributed by atoms with Crippen LogP contribution in [0.4, 0.5) is 0 Å². The second-order valence-corrected chi connectivity index (χ2v) is 6.06. The summed E-state index contributed by atoms with van der Waals surface area (Å²) in [6.45, 7) is 3.61. The monoisotopic (exact) mass is 371 g/mol. The van der Waals surface area contributed by atoms with E-state index in [0.29, 0.717) is 17.0 Å². The molecule has 0 fully saturated rings. The Balaban J connectivity index is 1.90. The second kappa shape index (κ2) is 7.65. The predicted octanol–water partition coefficient (Wildman–Crippen LogP) is 2.82. The van der Waals surface area contributed by atoms with Gasteiger partial charge in [0.1, 0.15) is 5.75 Å². The summed E-state index contributed by atoms with van der Waals surface area (Å²) in [6.07, 6.45) is 1.64. The molecule has 7 nitrogen and oxygen atoms in total. The summed E-state index contributed by atoms with van der Waals surface area (Å²) in [4.78, 5) is 37.2. The van der Waals surface area contributed by atoms with Gasteiger partial charge in [-0.15, -0.1) is 0 Å². The number of ether oxygens (including phenoxy) is 3. The number of esters is 2. The Bertz CT molecular complexity index is 921. The van der Waals surface area contributed by atoms with Crippen LogP contribution in [0.1, 0.15) is 30.8 Å². The van der Waals surface area contributed by atoms with Crippen molar-refractivity contribution in [3.63, 3.8) is 0 Å². The van der Waals surface area contributed by atoms with E-state index in [1.165, 1.54) is 0 Å². The fourth-order valence-corrected chi connectivity index (χ4v) is 3.17. The molecule has 2 heterocycles.